The van der Waals surface area contributed by atoms with Crippen molar-refractivity contribution >= 4 is 5.91 Å². The Morgan fingerprint density at radius 2 is 1.76 bits per heavy atom. The van der Waals surface area contributed by atoms with Gasteiger partial charge < -0.3 is 30.1 Å². The van der Waals surface area contributed by atoms with Crippen LogP contribution in [-0.2, 0) is 4.79 Å². The van der Waals surface area contributed by atoms with Crippen LogP contribution in [0.1, 0.15) is 40.5 Å². The van der Waals surface area contributed by atoms with E-state index >= 15 is 0 Å². The van der Waals surface area contributed by atoms with Crippen LogP contribution in [0.25, 0.3) is 0 Å². The van der Waals surface area contributed by atoms with Gasteiger partial charge in [0.2, 0.25) is 0 Å². The fourth-order valence-electron chi connectivity index (χ4n) is 1.66. The average Bonchev–Trinajstić information content (AvgIpc) is 2.34. The summed E-state index contributed by atoms with van der Waals surface area (Å²) in [6.45, 7) is 7.94. The molecule has 0 saturated carbocycles. The van der Waals surface area contributed by atoms with E-state index in [1.54, 1.807) is 0 Å². The van der Waals surface area contributed by atoms with E-state index in [9.17, 15) is 4.79 Å². The van der Waals surface area contributed by atoms with Gasteiger partial charge in [0.15, 0.2) is 6.17 Å². The molecule has 0 saturated heterocycles. The smallest absolute Gasteiger partial charge is 0.288 e. The highest BCUT2D eigenvalue weighted by Crippen LogP contribution is 2.01. The number of amides is 1. The second kappa shape index (κ2) is 12.0. The minimum atomic E-state index is 0. The van der Waals surface area contributed by atoms with Gasteiger partial charge in [-0.2, -0.15) is 0 Å². The Morgan fingerprint density at radius 3 is 2.10 bits per heavy atom. The zero-order valence-corrected chi connectivity index (χ0v) is 15.8. The van der Waals surface area contributed by atoms with Crippen LogP contribution in [-0.4, -0.2) is 37.7 Å². The number of nitrogens with two attached hydrogens (primary N) is 1. The summed E-state index contributed by atoms with van der Waals surface area (Å²) in [6.07, 6.45) is 6.03. The number of carbonyl (C=O) groups is 1. The van der Waals surface area contributed by atoms with Crippen molar-refractivity contribution in [1.82, 2.24) is 5.32 Å². The third-order valence-corrected chi connectivity index (χ3v) is 3.11. The fourth-order valence-corrected chi connectivity index (χ4v) is 1.66. The number of rotatable bonds is 7. The quantitative estimate of drug-likeness (QED) is 0.273. The molecule has 6 heteroatoms. The lowest BCUT2D eigenvalue weighted by Crippen LogP contribution is -3.00. The maximum atomic E-state index is 11.9. The number of nitrogens with zero attached hydrogens (tertiary/aromatic N) is 1. The van der Waals surface area contributed by atoms with E-state index in [0.717, 1.165) is 22.9 Å². The molecule has 0 heterocycles. The highest BCUT2D eigenvalue weighted by molar-refractivity contribution is 5.92. The van der Waals surface area contributed by atoms with Crippen LogP contribution in [0.15, 0.2) is 23.5 Å². The van der Waals surface area contributed by atoms with Gasteiger partial charge in [-0.25, -0.2) is 5.32 Å². The lowest BCUT2D eigenvalue weighted by Gasteiger charge is -2.26. The van der Waals surface area contributed by atoms with Crippen molar-refractivity contribution in [1.29, 1.82) is 0 Å². The molecular formula is C15H31Cl2N3O. The van der Waals surface area contributed by atoms with E-state index in [1.807, 2.05) is 19.9 Å². The standard InChI is InChI=1S/C15H29N3O.2ClH/c1-8-11-14(18(5,6)7)16-13(10-3)17-15(19)12(4)9-2;;/h9,11,13,16H,8,10H2,1-7H3;2*1H/b12-9+,14-11+;;. The zero-order valence-electron chi connectivity index (χ0n) is 14.3. The first-order valence-corrected chi connectivity index (χ1v) is 7.07. The molecule has 0 aliphatic rings. The Kier molecular flexibility index (Phi) is 14.6. The van der Waals surface area contributed by atoms with E-state index in [-0.39, 0.29) is 36.9 Å². The Hall–Kier alpha value is -0.550. The van der Waals surface area contributed by atoms with Crippen molar-refractivity contribution in [3.8, 4) is 0 Å². The molecule has 0 radical (unpaired) electrons. The molecular weight excluding hydrogens is 309 g/mol. The second-order valence-electron chi connectivity index (χ2n) is 5.68. The van der Waals surface area contributed by atoms with Crippen molar-refractivity contribution in [2.45, 2.75) is 46.7 Å². The Morgan fingerprint density at radius 1 is 1.24 bits per heavy atom. The van der Waals surface area contributed by atoms with Gasteiger partial charge in [-0.05, 0) is 20.3 Å². The maximum Gasteiger partial charge on any atom is 0.288 e. The molecule has 0 spiro atoms. The summed E-state index contributed by atoms with van der Waals surface area (Å²) in [4.78, 5) is 11.9. The second-order valence-corrected chi connectivity index (χ2v) is 5.68. The predicted octanol–water partition coefficient (Wildman–Crippen LogP) is -4.67. The van der Waals surface area contributed by atoms with Gasteiger partial charge >= 0.3 is 0 Å². The van der Waals surface area contributed by atoms with Gasteiger partial charge in [0.1, 0.15) is 0 Å². The first kappa shape index (κ1) is 25.4. The van der Waals surface area contributed by atoms with Gasteiger partial charge in [-0.1, -0.05) is 19.9 Å². The van der Waals surface area contributed by atoms with Crippen LogP contribution in [0, 0.1) is 0 Å². The molecule has 1 amide bonds. The van der Waals surface area contributed by atoms with E-state index in [1.165, 1.54) is 5.82 Å². The van der Waals surface area contributed by atoms with Gasteiger partial charge in [0.05, 0.1) is 21.1 Å². The largest absolute Gasteiger partial charge is 1.00 e. The molecule has 0 aromatic carbocycles. The number of allylic oxidation sites excluding steroid dienone is 2. The number of halogens is 2. The lowest BCUT2D eigenvalue weighted by atomic mass is 10.2. The molecule has 0 aromatic heterocycles. The van der Waals surface area contributed by atoms with Crippen molar-refractivity contribution in [3.63, 3.8) is 0 Å². The normalized spacial score (nSPS) is 13.9. The first-order valence-electron chi connectivity index (χ1n) is 7.07. The van der Waals surface area contributed by atoms with Crippen LogP contribution >= 0.6 is 0 Å². The molecule has 0 aromatic rings. The zero-order chi connectivity index (χ0) is 15.1. The van der Waals surface area contributed by atoms with E-state index in [2.05, 4.69) is 51.7 Å². The average molecular weight is 340 g/mol. The molecule has 126 valence electrons. The summed E-state index contributed by atoms with van der Waals surface area (Å²) in [7, 11) is 6.43. The minimum Gasteiger partial charge on any atom is -1.00 e. The summed E-state index contributed by atoms with van der Waals surface area (Å²) >= 11 is 0. The number of quaternary nitrogens is 2. The topological polar surface area (TPSA) is 45.7 Å². The van der Waals surface area contributed by atoms with E-state index in [0.29, 0.717) is 0 Å². The number of hydrogen-bond donors (Lipinski definition) is 2. The molecule has 21 heavy (non-hydrogen) atoms. The number of carbonyl (C=O) groups excluding carboxylic acids is 1. The van der Waals surface area contributed by atoms with Gasteiger partial charge in [0, 0.05) is 18.1 Å². The molecule has 1 atom stereocenters. The van der Waals surface area contributed by atoms with Gasteiger partial charge in [-0.3, -0.25) is 9.28 Å². The van der Waals surface area contributed by atoms with Crippen LogP contribution < -0.4 is 35.4 Å². The number of hydrogen-bond acceptors (Lipinski definition) is 1. The van der Waals surface area contributed by atoms with Crippen molar-refractivity contribution in [2.24, 2.45) is 0 Å². The number of nitrogens with one attached hydrogen (secondary N) is 1. The molecule has 1 unspecified atom stereocenters. The summed E-state index contributed by atoms with van der Waals surface area (Å²) in [6, 6.07) is 0. The van der Waals surface area contributed by atoms with Crippen LogP contribution in [0.4, 0.5) is 0 Å². The monoisotopic (exact) mass is 339 g/mol. The van der Waals surface area contributed by atoms with Crippen LogP contribution in [0.5, 0.6) is 0 Å². The van der Waals surface area contributed by atoms with Crippen molar-refractivity contribution in [3.05, 3.63) is 23.5 Å². The van der Waals surface area contributed by atoms with Crippen molar-refractivity contribution in [2.75, 3.05) is 21.1 Å². The summed E-state index contributed by atoms with van der Waals surface area (Å²) < 4.78 is 0.767. The summed E-state index contributed by atoms with van der Waals surface area (Å²) in [5, 5.41) is 5.24. The SMILES string of the molecule is C/C=C(\C)C(=O)NC(CC)[NH2+]/C(=C\CC)[N+](C)(C)C.[Cl-].[Cl-]. The molecule has 0 fully saturated rings. The van der Waals surface area contributed by atoms with Gasteiger partial charge in [-0.15, -0.1) is 0 Å². The van der Waals surface area contributed by atoms with Crippen molar-refractivity contribution < 1.29 is 39.4 Å². The fraction of sp³-hybridized carbons (Fsp3) is 0.667. The molecule has 0 bridgehead atoms. The Balaban J connectivity index is -0.00000162. The van der Waals surface area contributed by atoms with E-state index < -0.39 is 0 Å². The summed E-state index contributed by atoms with van der Waals surface area (Å²) in [5.41, 5.74) is 0.762. The minimum absolute atomic E-state index is 0. The molecule has 4 nitrogen and oxygen atoms in total. The maximum absolute atomic E-state index is 11.9. The lowest BCUT2D eigenvalue weighted by molar-refractivity contribution is -0.930. The van der Waals surface area contributed by atoms with Gasteiger partial charge in [0.25, 0.3) is 11.7 Å². The Bertz CT molecular complexity index is 360. The van der Waals surface area contributed by atoms with E-state index in [4.69, 9.17) is 0 Å². The molecule has 3 N–H and O–H groups in total. The van der Waals surface area contributed by atoms with Crippen LogP contribution in [0.3, 0.4) is 0 Å². The molecule has 0 aliphatic carbocycles. The molecule has 0 rings (SSSR count). The summed E-state index contributed by atoms with van der Waals surface area (Å²) in [5.74, 6) is 1.26. The third-order valence-electron chi connectivity index (χ3n) is 3.11. The third kappa shape index (κ3) is 9.91. The Labute approximate surface area is 142 Å². The molecule has 0 aliphatic heterocycles. The predicted molar refractivity (Wildman–Crippen MR) is 80.0 cm³/mol. The highest BCUT2D eigenvalue weighted by Gasteiger charge is 2.24. The highest BCUT2D eigenvalue weighted by atomic mass is 35.5. The first-order chi connectivity index (χ1) is 8.76. The van der Waals surface area contributed by atoms with Crippen LogP contribution in [0.2, 0.25) is 0 Å².